The molecule has 0 saturated heterocycles. The van der Waals surface area contributed by atoms with Crippen molar-refractivity contribution in [1.82, 2.24) is 5.32 Å². The SMILES string of the molecule is O=C(C=CS)NCc1ccccc1. The van der Waals surface area contributed by atoms with Crippen LogP contribution in [0, 0.1) is 0 Å². The Morgan fingerprint density at radius 1 is 1.38 bits per heavy atom. The molecule has 0 saturated carbocycles. The summed E-state index contributed by atoms with van der Waals surface area (Å²) in [6, 6.07) is 9.75. The summed E-state index contributed by atoms with van der Waals surface area (Å²) in [5.74, 6) is -0.126. The maximum absolute atomic E-state index is 11.0. The molecule has 0 fully saturated rings. The van der Waals surface area contributed by atoms with E-state index in [9.17, 15) is 4.79 Å². The molecule has 0 unspecified atom stereocenters. The van der Waals surface area contributed by atoms with E-state index in [-0.39, 0.29) is 5.91 Å². The number of carbonyl (C=O) groups excluding carboxylic acids is 1. The van der Waals surface area contributed by atoms with E-state index in [4.69, 9.17) is 0 Å². The minimum atomic E-state index is -0.126. The highest BCUT2D eigenvalue weighted by molar-refractivity contribution is 7.83. The summed E-state index contributed by atoms with van der Waals surface area (Å²) in [4.78, 5) is 11.0. The molecule has 0 aromatic heterocycles. The summed E-state index contributed by atoms with van der Waals surface area (Å²) in [6.07, 6.45) is 1.38. The van der Waals surface area contributed by atoms with Gasteiger partial charge in [0.25, 0.3) is 0 Å². The average Bonchev–Trinajstić information content (AvgIpc) is 2.17. The van der Waals surface area contributed by atoms with Gasteiger partial charge in [0.1, 0.15) is 0 Å². The standard InChI is InChI=1S/C10H11NOS/c12-10(6-7-13)11-8-9-4-2-1-3-5-9/h1-7,13H,8H2,(H,11,12). The van der Waals surface area contributed by atoms with Gasteiger partial charge in [0, 0.05) is 12.6 Å². The van der Waals surface area contributed by atoms with Gasteiger partial charge in [-0.15, -0.1) is 0 Å². The number of benzene rings is 1. The predicted molar refractivity (Wildman–Crippen MR) is 56.4 cm³/mol. The third kappa shape index (κ3) is 3.80. The first-order chi connectivity index (χ1) is 6.33. The number of carbonyl (C=O) groups is 1. The van der Waals surface area contributed by atoms with Crippen molar-refractivity contribution in [3.8, 4) is 0 Å². The highest BCUT2D eigenvalue weighted by Crippen LogP contribution is 1.96. The van der Waals surface area contributed by atoms with Crippen LogP contribution in [0.1, 0.15) is 5.56 Å². The quantitative estimate of drug-likeness (QED) is 0.555. The van der Waals surface area contributed by atoms with E-state index in [1.54, 1.807) is 0 Å². The molecule has 0 aliphatic rings. The Bertz CT molecular complexity index is 295. The van der Waals surface area contributed by atoms with Crippen molar-refractivity contribution in [3.05, 3.63) is 47.4 Å². The van der Waals surface area contributed by atoms with E-state index in [0.717, 1.165) is 5.56 Å². The van der Waals surface area contributed by atoms with Crippen LogP contribution in [-0.2, 0) is 11.3 Å². The van der Waals surface area contributed by atoms with Crippen LogP contribution in [0.4, 0.5) is 0 Å². The molecular weight excluding hydrogens is 182 g/mol. The smallest absolute Gasteiger partial charge is 0.244 e. The fraction of sp³-hybridized carbons (Fsp3) is 0.100. The molecule has 1 aromatic carbocycles. The highest BCUT2D eigenvalue weighted by Gasteiger charge is 1.94. The van der Waals surface area contributed by atoms with Crippen LogP contribution in [-0.4, -0.2) is 5.91 Å². The summed E-state index contributed by atoms with van der Waals surface area (Å²) in [5, 5.41) is 4.14. The molecule has 0 atom stereocenters. The van der Waals surface area contributed by atoms with Crippen molar-refractivity contribution in [2.75, 3.05) is 0 Å². The maximum Gasteiger partial charge on any atom is 0.244 e. The Labute approximate surface area is 83.1 Å². The number of amides is 1. The first kappa shape index (κ1) is 9.86. The monoisotopic (exact) mass is 193 g/mol. The van der Waals surface area contributed by atoms with E-state index in [2.05, 4.69) is 17.9 Å². The van der Waals surface area contributed by atoms with Gasteiger partial charge in [0.15, 0.2) is 0 Å². The lowest BCUT2D eigenvalue weighted by Gasteiger charge is -2.00. The van der Waals surface area contributed by atoms with Crippen LogP contribution in [0.15, 0.2) is 41.8 Å². The first-order valence-corrected chi connectivity index (χ1v) is 4.47. The average molecular weight is 193 g/mol. The van der Waals surface area contributed by atoms with Gasteiger partial charge in [-0.25, -0.2) is 0 Å². The molecule has 0 bridgehead atoms. The molecule has 0 radical (unpaired) electrons. The van der Waals surface area contributed by atoms with Gasteiger partial charge in [0.2, 0.25) is 5.91 Å². The number of hydrogen-bond acceptors (Lipinski definition) is 2. The van der Waals surface area contributed by atoms with E-state index >= 15 is 0 Å². The van der Waals surface area contributed by atoms with Crippen molar-refractivity contribution in [3.63, 3.8) is 0 Å². The maximum atomic E-state index is 11.0. The van der Waals surface area contributed by atoms with Crippen LogP contribution in [0.5, 0.6) is 0 Å². The number of thiol groups is 1. The summed E-state index contributed by atoms with van der Waals surface area (Å²) in [6.45, 7) is 0.553. The lowest BCUT2D eigenvalue weighted by molar-refractivity contribution is -0.116. The molecule has 0 spiro atoms. The number of nitrogens with one attached hydrogen (secondary N) is 1. The van der Waals surface area contributed by atoms with Crippen molar-refractivity contribution < 1.29 is 4.79 Å². The highest BCUT2D eigenvalue weighted by atomic mass is 32.1. The number of hydrogen-bond donors (Lipinski definition) is 2. The fourth-order valence-corrected chi connectivity index (χ4v) is 1.05. The first-order valence-electron chi connectivity index (χ1n) is 3.95. The van der Waals surface area contributed by atoms with E-state index in [1.807, 2.05) is 30.3 Å². The second-order valence-corrected chi connectivity index (χ2v) is 2.82. The second-order valence-electron chi connectivity index (χ2n) is 2.52. The molecule has 1 N–H and O–H groups in total. The van der Waals surface area contributed by atoms with Crippen molar-refractivity contribution in [1.29, 1.82) is 0 Å². The molecular formula is C10H11NOS. The van der Waals surface area contributed by atoms with Gasteiger partial charge in [-0.1, -0.05) is 30.3 Å². The summed E-state index contributed by atoms with van der Waals surface area (Å²) in [5.41, 5.74) is 1.09. The van der Waals surface area contributed by atoms with E-state index in [0.29, 0.717) is 6.54 Å². The normalized spacial score (nSPS) is 10.2. The Morgan fingerprint density at radius 2 is 2.08 bits per heavy atom. The molecule has 13 heavy (non-hydrogen) atoms. The molecule has 1 amide bonds. The third-order valence-corrected chi connectivity index (χ3v) is 1.68. The topological polar surface area (TPSA) is 29.1 Å². The third-order valence-electron chi connectivity index (χ3n) is 1.54. The van der Waals surface area contributed by atoms with Crippen LogP contribution in [0.25, 0.3) is 0 Å². The Morgan fingerprint density at radius 3 is 2.69 bits per heavy atom. The van der Waals surface area contributed by atoms with Gasteiger partial charge >= 0.3 is 0 Å². The zero-order valence-electron chi connectivity index (χ0n) is 7.10. The van der Waals surface area contributed by atoms with Gasteiger partial charge in [-0.05, 0) is 11.0 Å². The van der Waals surface area contributed by atoms with Gasteiger partial charge < -0.3 is 5.32 Å². The molecule has 0 heterocycles. The minimum Gasteiger partial charge on any atom is -0.348 e. The lowest BCUT2D eigenvalue weighted by Crippen LogP contribution is -2.19. The molecule has 1 aromatic rings. The molecule has 0 aliphatic carbocycles. The zero-order chi connectivity index (χ0) is 9.52. The molecule has 68 valence electrons. The lowest BCUT2D eigenvalue weighted by atomic mass is 10.2. The molecule has 1 rings (SSSR count). The molecule has 2 nitrogen and oxygen atoms in total. The Balaban J connectivity index is 2.40. The van der Waals surface area contributed by atoms with Crippen molar-refractivity contribution in [2.24, 2.45) is 0 Å². The second kappa shape index (κ2) is 5.43. The van der Waals surface area contributed by atoms with E-state index in [1.165, 1.54) is 11.5 Å². The largest absolute Gasteiger partial charge is 0.348 e. The molecule has 3 heteroatoms. The number of rotatable bonds is 3. The van der Waals surface area contributed by atoms with Crippen LogP contribution in [0.2, 0.25) is 0 Å². The van der Waals surface area contributed by atoms with Crippen LogP contribution < -0.4 is 5.32 Å². The Kier molecular flexibility index (Phi) is 4.12. The van der Waals surface area contributed by atoms with Crippen LogP contribution >= 0.6 is 12.6 Å². The summed E-state index contributed by atoms with van der Waals surface area (Å²) < 4.78 is 0. The van der Waals surface area contributed by atoms with Crippen LogP contribution in [0.3, 0.4) is 0 Å². The predicted octanol–water partition coefficient (Wildman–Crippen LogP) is 1.75. The minimum absolute atomic E-state index is 0.126. The van der Waals surface area contributed by atoms with Gasteiger partial charge in [-0.2, -0.15) is 12.6 Å². The summed E-state index contributed by atoms with van der Waals surface area (Å²) in [7, 11) is 0. The van der Waals surface area contributed by atoms with E-state index < -0.39 is 0 Å². The van der Waals surface area contributed by atoms with Crippen molar-refractivity contribution >= 4 is 18.5 Å². The summed E-state index contributed by atoms with van der Waals surface area (Å²) >= 11 is 3.80. The Hall–Kier alpha value is -1.22. The van der Waals surface area contributed by atoms with Crippen molar-refractivity contribution in [2.45, 2.75) is 6.54 Å². The van der Waals surface area contributed by atoms with Gasteiger partial charge in [0.05, 0.1) is 0 Å². The fourth-order valence-electron chi connectivity index (χ4n) is 0.912. The van der Waals surface area contributed by atoms with Gasteiger partial charge in [-0.3, -0.25) is 4.79 Å². The molecule has 0 aliphatic heterocycles. The zero-order valence-corrected chi connectivity index (χ0v) is 8.00.